The number of nitrogens with zero attached hydrogens (tertiary/aromatic N) is 1. The van der Waals surface area contributed by atoms with Crippen molar-refractivity contribution in [3.05, 3.63) is 54.2 Å². The molecule has 1 N–H and O–H groups in total. The highest BCUT2D eigenvalue weighted by molar-refractivity contribution is 14.1. The number of rotatable bonds is 3. The van der Waals surface area contributed by atoms with Gasteiger partial charge in [-0.2, -0.15) is 0 Å². The van der Waals surface area contributed by atoms with E-state index >= 15 is 0 Å². The van der Waals surface area contributed by atoms with Crippen molar-refractivity contribution in [2.45, 2.75) is 36.8 Å². The number of thioether (sulfide) groups is 1. The molecule has 0 fully saturated rings. The second kappa shape index (κ2) is 6.83. The molecular formula is C15H16BrIN2OS. The highest BCUT2D eigenvalue weighted by atomic mass is 127. The van der Waals surface area contributed by atoms with E-state index in [4.69, 9.17) is 0 Å². The maximum Gasteiger partial charge on any atom is 0.264 e. The minimum Gasteiger partial charge on any atom is -0.309 e. The topological polar surface area (TPSA) is 45.8 Å². The average Bonchev–Trinajstić information content (AvgIpc) is 2.38. The minimum atomic E-state index is -0.139. The molecule has 0 radical (unpaired) electrons. The molecule has 0 amide bonds. The molecular weight excluding hydrogens is 463 g/mol. The van der Waals surface area contributed by atoms with Crippen LogP contribution >= 0.6 is 50.3 Å². The van der Waals surface area contributed by atoms with Gasteiger partial charge in [0.1, 0.15) is 9.39 Å². The van der Waals surface area contributed by atoms with Crippen molar-refractivity contribution in [2.24, 2.45) is 0 Å². The van der Waals surface area contributed by atoms with Gasteiger partial charge in [0.05, 0.1) is 11.4 Å². The van der Waals surface area contributed by atoms with Gasteiger partial charge in [-0.05, 0) is 40.8 Å². The summed E-state index contributed by atoms with van der Waals surface area (Å²) in [4.78, 5) is 20.7. The second-order valence-electron chi connectivity index (χ2n) is 5.67. The monoisotopic (exact) mass is 478 g/mol. The zero-order valence-electron chi connectivity index (χ0n) is 12.0. The van der Waals surface area contributed by atoms with Crippen molar-refractivity contribution in [3.63, 3.8) is 0 Å². The fourth-order valence-electron chi connectivity index (χ4n) is 1.78. The standard InChI is InChI=1S/C15H16BrIN2OS/c1-15(2,3)13-12(17)14(20)19-11(18-13)8-21-10-6-4-5-9(16)7-10/h4-7H,8H2,1-3H3,(H,18,19,20). The van der Waals surface area contributed by atoms with E-state index < -0.39 is 0 Å². The van der Waals surface area contributed by atoms with Crippen molar-refractivity contribution >= 4 is 50.3 Å². The van der Waals surface area contributed by atoms with Crippen molar-refractivity contribution in [2.75, 3.05) is 0 Å². The lowest BCUT2D eigenvalue weighted by atomic mass is 9.92. The smallest absolute Gasteiger partial charge is 0.264 e. The molecule has 0 spiro atoms. The Kier molecular flexibility index (Phi) is 5.54. The molecule has 0 saturated carbocycles. The Bertz CT molecular complexity index is 710. The van der Waals surface area contributed by atoms with Crippen LogP contribution in [0.4, 0.5) is 0 Å². The van der Waals surface area contributed by atoms with Crippen molar-refractivity contribution in [1.82, 2.24) is 9.97 Å². The molecule has 0 unspecified atom stereocenters. The van der Waals surface area contributed by atoms with Gasteiger partial charge in [0, 0.05) is 14.8 Å². The molecule has 0 aliphatic heterocycles. The molecule has 2 aromatic rings. The Morgan fingerprint density at radius 2 is 2.10 bits per heavy atom. The van der Waals surface area contributed by atoms with Crippen LogP contribution in [0, 0.1) is 3.57 Å². The lowest BCUT2D eigenvalue weighted by Gasteiger charge is -2.19. The number of hydrogen-bond donors (Lipinski definition) is 1. The van der Waals surface area contributed by atoms with E-state index in [1.165, 1.54) is 0 Å². The van der Waals surface area contributed by atoms with E-state index in [2.05, 4.69) is 75.3 Å². The Balaban J connectivity index is 2.25. The fraction of sp³-hybridized carbons (Fsp3) is 0.333. The first kappa shape index (κ1) is 17.0. The zero-order chi connectivity index (χ0) is 15.6. The van der Waals surface area contributed by atoms with Crippen LogP contribution < -0.4 is 5.56 Å². The summed E-state index contributed by atoms with van der Waals surface area (Å²) in [5.74, 6) is 1.36. The highest BCUT2D eigenvalue weighted by Crippen LogP contribution is 2.26. The summed E-state index contributed by atoms with van der Waals surface area (Å²) in [6.45, 7) is 6.21. The summed E-state index contributed by atoms with van der Waals surface area (Å²) in [6, 6.07) is 8.09. The van der Waals surface area contributed by atoms with Crippen LogP contribution in [0.25, 0.3) is 0 Å². The van der Waals surface area contributed by atoms with E-state index in [0.717, 1.165) is 20.9 Å². The van der Waals surface area contributed by atoms with Crippen LogP contribution in [0.15, 0.2) is 38.4 Å². The molecule has 0 aliphatic rings. The van der Waals surface area contributed by atoms with E-state index in [0.29, 0.717) is 9.32 Å². The Labute approximate surface area is 150 Å². The molecule has 0 saturated heterocycles. The van der Waals surface area contributed by atoms with Gasteiger partial charge in [0.25, 0.3) is 5.56 Å². The number of hydrogen-bond acceptors (Lipinski definition) is 3. The molecule has 1 aromatic carbocycles. The van der Waals surface area contributed by atoms with Crippen LogP contribution in [0.2, 0.25) is 0 Å². The SMILES string of the molecule is CC(C)(C)c1nc(CSc2cccc(Br)c2)[nH]c(=O)c1I. The average molecular weight is 479 g/mol. The third-order valence-corrected chi connectivity index (χ3v) is 5.29. The second-order valence-corrected chi connectivity index (χ2v) is 8.71. The molecule has 0 atom stereocenters. The van der Waals surface area contributed by atoms with Crippen LogP contribution in [-0.4, -0.2) is 9.97 Å². The van der Waals surface area contributed by atoms with Crippen LogP contribution in [0.5, 0.6) is 0 Å². The summed E-state index contributed by atoms with van der Waals surface area (Å²) >= 11 is 7.19. The summed E-state index contributed by atoms with van der Waals surface area (Å²) in [7, 11) is 0. The molecule has 6 heteroatoms. The normalized spacial score (nSPS) is 11.7. The maximum atomic E-state index is 12.1. The van der Waals surface area contributed by atoms with Gasteiger partial charge in [-0.15, -0.1) is 11.8 Å². The first-order chi connectivity index (χ1) is 9.77. The number of benzene rings is 1. The lowest BCUT2D eigenvalue weighted by molar-refractivity contribution is 0.557. The Morgan fingerprint density at radius 1 is 1.38 bits per heavy atom. The summed E-state index contributed by atoms with van der Waals surface area (Å²) in [5, 5.41) is 0. The third kappa shape index (κ3) is 4.56. The first-order valence-corrected chi connectivity index (χ1v) is 9.30. The number of H-pyrrole nitrogens is 1. The maximum absolute atomic E-state index is 12.1. The molecule has 2 rings (SSSR count). The van der Waals surface area contributed by atoms with Crippen molar-refractivity contribution in [1.29, 1.82) is 0 Å². The molecule has 1 aromatic heterocycles. The molecule has 0 aliphatic carbocycles. The van der Waals surface area contributed by atoms with Crippen LogP contribution in [0.3, 0.4) is 0 Å². The third-order valence-electron chi connectivity index (χ3n) is 2.79. The lowest BCUT2D eigenvalue weighted by Crippen LogP contribution is -2.25. The van der Waals surface area contributed by atoms with Gasteiger partial charge >= 0.3 is 0 Å². The predicted molar refractivity (Wildman–Crippen MR) is 100.0 cm³/mol. The van der Waals surface area contributed by atoms with Crippen LogP contribution in [-0.2, 0) is 11.2 Å². The van der Waals surface area contributed by atoms with Crippen molar-refractivity contribution in [3.8, 4) is 0 Å². The quantitative estimate of drug-likeness (QED) is 0.512. The van der Waals surface area contributed by atoms with Gasteiger partial charge in [0.2, 0.25) is 0 Å². The molecule has 1 heterocycles. The predicted octanol–water partition coefficient (Wildman–Crippen LogP) is 4.73. The Morgan fingerprint density at radius 3 is 2.71 bits per heavy atom. The molecule has 3 nitrogen and oxygen atoms in total. The summed E-state index contributed by atoms with van der Waals surface area (Å²) in [6.07, 6.45) is 0. The largest absolute Gasteiger partial charge is 0.309 e. The van der Waals surface area contributed by atoms with Gasteiger partial charge in [-0.1, -0.05) is 42.8 Å². The minimum absolute atomic E-state index is 0.0552. The van der Waals surface area contributed by atoms with E-state index in [9.17, 15) is 4.79 Å². The number of aromatic amines is 1. The highest BCUT2D eigenvalue weighted by Gasteiger charge is 2.21. The van der Waals surface area contributed by atoms with Crippen molar-refractivity contribution < 1.29 is 0 Å². The Hall–Kier alpha value is -0.340. The first-order valence-electron chi connectivity index (χ1n) is 6.45. The van der Waals surface area contributed by atoms with Gasteiger partial charge in [-0.25, -0.2) is 4.98 Å². The van der Waals surface area contributed by atoms with Gasteiger partial charge in [-0.3, -0.25) is 4.79 Å². The van der Waals surface area contributed by atoms with Gasteiger partial charge < -0.3 is 4.98 Å². The molecule has 21 heavy (non-hydrogen) atoms. The van der Waals surface area contributed by atoms with E-state index in [-0.39, 0.29) is 11.0 Å². The molecule has 0 bridgehead atoms. The number of halogens is 2. The van der Waals surface area contributed by atoms with E-state index in [1.807, 2.05) is 18.2 Å². The molecule has 112 valence electrons. The zero-order valence-corrected chi connectivity index (χ0v) is 16.6. The van der Waals surface area contributed by atoms with Gasteiger partial charge in [0.15, 0.2) is 0 Å². The van der Waals surface area contributed by atoms with E-state index in [1.54, 1.807) is 11.8 Å². The fourth-order valence-corrected chi connectivity index (χ4v) is 4.22. The summed E-state index contributed by atoms with van der Waals surface area (Å²) < 4.78 is 1.73. The number of aromatic nitrogens is 2. The number of nitrogens with one attached hydrogen (secondary N) is 1. The summed E-state index contributed by atoms with van der Waals surface area (Å²) in [5.41, 5.74) is 0.664. The van der Waals surface area contributed by atoms with Crippen LogP contribution in [0.1, 0.15) is 32.3 Å².